The highest BCUT2D eigenvalue weighted by Crippen LogP contribution is 2.24. The van der Waals surface area contributed by atoms with Crippen LogP contribution in [0.1, 0.15) is 38.3 Å². The van der Waals surface area contributed by atoms with E-state index in [0.717, 1.165) is 21.7 Å². The summed E-state index contributed by atoms with van der Waals surface area (Å²) in [6, 6.07) is 14.5. The highest BCUT2D eigenvalue weighted by Gasteiger charge is 2.35. The van der Waals surface area contributed by atoms with Gasteiger partial charge < -0.3 is 4.74 Å². The molecule has 0 saturated heterocycles. The molecule has 3 aromatic rings. The van der Waals surface area contributed by atoms with E-state index < -0.39 is 5.97 Å². The Bertz CT molecular complexity index is 1070. The Kier molecular flexibility index (Phi) is 4.95. The van der Waals surface area contributed by atoms with Gasteiger partial charge in [-0.15, -0.1) is 0 Å². The summed E-state index contributed by atoms with van der Waals surface area (Å²) >= 11 is 0. The van der Waals surface area contributed by atoms with Gasteiger partial charge in [0, 0.05) is 18.9 Å². The van der Waals surface area contributed by atoms with Crippen LogP contribution in [0.4, 0.5) is 0 Å². The summed E-state index contributed by atoms with van der Waals surface area (Å²) in [4.78, 5) is 38.0. The van der Waals surface area contributed by atoms with Gasteiger partial charge in [0.2, 0.25) is 0 Å². The van der Waals surface area contributed by atoms with Crippen molar-refractivity contribution < 1.29 is 19.1 Å². The first-order chi connectivity index (χ1) is 14.0. The van der Waals surface area contributed by atoms with Crippen molar-refractivity contribution in [3.05, 3.63) is 83.2 Å². The molecule has 4 rings (SSSR count). The van der Waals surface area contributed by atoms with E-state index in [9.17, 15) is 14.4 Å². The number of fused-ring (bicyclic) bond motifs is 1. The molecule has 146 valence electrons. The molecule has 0 bridgehead atoms. The van der Waals surface area contributed by atoms with Crippen LogP contribution in [0, 0.1) is 6.92 Å². The Morgan fingerprint density at radius 3 is 2.52 bits per heavy atom. The summed E-state index contributed by atoms with van der Waals surface area (Å²) < 4.78 is 7.01. The van der Waals surface area contributed by atoms with Crippen LogP contribution in [0.15, 0.2) is 60.9 Å². The lowest BCUT2D eigenvalue weighted by Gasteiger charge is -2.13. The number of carbonyl (C=O) groups excluding carboxylic acids is 3. The van der Waals surface area contributed by atoms with Gasteiger partial charge in [-0.05, 0) is 42.8 Å². The van der Waals surface area contributed by atoms with Gasteiger partial charge >= 0.3 is 5.97 Å². The smallest absolute Gasteiger partial charge is 0.307 e. The van der Waals surface area contributed by atoms with Crippen LogP contribution < -0.4 is 0 Å². The molecular formula is C22H19N3O4. The van der Waals surface area contributed by atoms with E-state index in [1.807, 2.05) is 43.5 Å². The minimum Gasteiger partial charge on any atom is -0.461 e. The van der Waals surface area contributed by atoms with E-state index in [2.05, 4.69) is 5.10 Å². The maximum atomic E-state index is 12.4. The van der Waals surface area contributed by atoms with Crippen molar-refractivity contribution in [3.8, 4) is 5.69 Å². The lowest BCUT2D eigenvalue weighted by atomic mass is 10.1. The maximum Gasteiger partial charge on any atom is 0.307 e. The van der Waals surface area contributed by atoms with Crippen molar-refractivity contribution in [3.63, 3.8) is 0 Å². The van der Waals surface area contributed by atoms with Gasteiger partial charge in [0.25, 0.3) is 11.8 Å². The lowest BCUT2D eigenvalue weighted by molar-refractivity contribution is -0.145. The number of rotatable bonds is 6. The van der Waals surface area contributed by atoms with Gasteiger partial charge in [0.1, 0.15) is 6.61 Å². The first-order valence-corrected chi connectivity index (χ1v) is 9.24. The number of benzene rings is 2. The van der Waals surface area contributed by atoms with Gasteiger partial charge in [0.15, 0.2) is 0 Å². The molecule has 0 unspecified atom stereocenters. The molecule has 0 radical (unpaired) electrons. The molecule has 0 aliphatic carbocycles. The first-order valence-electron chi connectivity index (χ1n) is 9.24. The number of esters is 1. The standard InChI is InChI=1S/C22H19N3O4/c1-15-3-8-18-19(13-15)22(28)24(21(18)27)12-9-20(26)29-14-16-4-6-17(7-5-16)25-11-2-10-23-25/h2-8,10-11,13H,9,12,14H2,1H3. The predicted octanol–water partition coefficient (Wildman–Crippen LogP) is 2.91. The Morgan fingerprint density at radius 2 is 1.79 bits per heavy atom. The van der Waals surface area contributed by atoms with Crippen molar-refractivity contribution in [2.24, 2.45) is 0 Å². The van der Waals surface area contributed by atoms with Crippen LogP contribution in [0.3, 0.4) is 0 Å². The molecule has 0 fully saturated rings. The van der Waals surface area contributed by atoms with Gasteiger partial charge in [-0.1, -0.05) is 23.8 Å². The topological polar surface area (TPSA) is 81.5 Å². The number of aromatic nitrogens is 2. The summed E-state index contributed by atoms with van der Waals surface area (Å²) in [6.45, 7) is 1.99. The van der Waals surface area contributed by atoms with Gasteiger partial charge in [-0.2, -0.15) is 5.10 Å². The number of nitrogens with zero attached hydrogens (tertiary/aromatic N) is 3. The average molecular weight is 389 g/mol. The third-order valence-corrected chi connectivity index (χ3v) is 4.77. The van der Waals surface area contributed by atoms with E-state index in [-0.39, 0.29) is 31.4 Å². The number of carbonyl (C=O) groups is 3. The quantitative estimate of drug-likeness (QED) is 0.478. The van der Waals surface area contributed by atoms with Gasteiger partial charge in [0.05, 0.1) is 23.2 Å². The lowest BCUT2D eigenvalue weighted by Crippen LogP contribution is -2.32. The zero-order valence-electron chi connectivity index (χ0n) is 15.9. The van der Waals surface area contributed by atoms with Crippen LogP contribution in [0.25, 0.3) is 5.69 Å². The second-order valence-electron chi connectivity index (χ2n) is 6.84. The zero-order chi connectivity index (χ0) is 20.4. The van der Waals surface area contributed by atoms with Crippen molar-refractivity contribution >= 4 is 17.8 Å². The average Bonchev–Trinajstić information content (AvgIpc) is 3.34. The third-order valence-electron chi connectivity index (χ3n) is 4.77. The molecule has 0 spiro atoms. The molecule has 1 aromatic heterocycles. The summed E-state index contributed by atoms with van der Waals surface area (Å²) in [5.74, 6) is -1.20. The molecule has 29 heavy (non-hydrogen) atoms. The van der Waals surface area contributed by atoms with Crippen LogP contribution in [-0.2, 0) is 16.1 Å². The maximum absolute atomic E-state index is 12.4. The Hall–Kier alpha value is -3.74. The third kappa shape index (κ3) is 3.80. The van der Waals surface area contributed by atoms with E-state index >= 15 is 0 Å². The number of aryl methyl sites for hydroxylation is 1. The SMILES string of the molecule is Cc1ccc2c(c1)C(=O)N(CCC(=O)OCc1ccc(-n3cccn3)cc1)C2=O. The summed E-state index contributed by atoms with van der Waals surface area (Å²) in [6.07, 6.45) is 3.50. The van der Waals surface area contributed by atoms with Crippen molar-refractivity contribution in [1.82, 2.24) is 14.7 Å². The minimum absolute atomic E-state index is 0.00244. The first kappa shape index (κ1) is 18.6. The van der Waals surface area contributed by atoms with E-state index in [1.54, 1.807) is 29.1 Å². The Labute approximate surface area is 167 Å². The van der Waals surface area contributed by atoms with E-state index in [0.29, 0.717) is 11.1 Å². The fraction of sp³-hybridized carbons (Fsp3) is 0.182. The second kappa shape index (κ2) is 7.71. The largest absolute Gasteiger partial charge is 0.461 e. The van der Waals surface area contributed by atoms with Crippen molar-refractivity contribution in [1.29, 1.82) is 0 Å². The molecule has 0 N–H and O–H groups in total. The van der Waals surface area contributed by atoms with Crippen molar-refractivity contribution in [2.75, 3.05) is 6.54 Å². The Morgan fingerprint density at radius 1 is 1.03 bits per heavy atom. The highest BCUT2D eigenvalue weighted by molar-refractivity contribution is 6.21. The van der Waals surface area contributed by atoms with Gasteiger partial charge in [-0.25, -0.2) is 4.68 Å². The minimum atomic E-state index is -0.464. The molecule has 2 amide bonds. The van der Waals surface area contributed by atoms with E-state index in [4.69, 9.17) is 4.74 Å². The number of hydrogen-bond acceptors (Lipinski definition) is 5. The van der Waals surface area contributed by atoms with Crippen LogP contribution >= 0.6 is 0 Å². The highest BCUT2D eigenvalue weighted by atomic mass is 16.5. The molecule has 0 atom stereocenters. The van der Waals surface area contributed by atoms with Crippen LogP contribution in [-0.4, -0.2) is 39.0 Å². The van der Waals surface area contributed by atoms with Gasteiger partial charge in [-0.3, -0.25) is 19.3 Å². The number of amides is 2. The molecule has 2 heterocycles. The zero-order valence-corrected chi connectivity index (χ0v) is 15.9. The predicted molar refractivity (Wildman–Crippen MR) is 105 cm³/mol. The normalized spacial score (nSPS) is 12.9. The van der Waals surface area contributed by atoms with E-state index in [1.165, 1.54) is 0 Å². The van der Waals surface area contributed by atoms with Crippen molar-refractivity contribution in [2.45, 2.75) is 20.0 Å². The molecular weight excluding hydrogens is 370 g/mol. The summed E-state index contributed by atoms with van der Waals surface area (Å²) in [5, 5.41) is 4.16. The van der Waals surface area contributed by atoms with Crippen LogP contribution in [0.5, 0.6) is 0 Å². The number of imide groups is 1. The monoisotopic (exact) mass is 389 g/mol. The molecule has 7 nitrogen and oxygen atoms in total. The number of hydrogen-bond donors (Lipinski definition) is 0. The molecule has 0 saturated carbocycles. The molecule has 1 aliphatic heterocycles. The fourth-order valence-electron chi connectivity index (χ4n) is 3.21. The van der Waals surface area contributed by atoms with Crippen LogP contribution in [0.2, 0.25) is 0 Å². The Balaban J connectivity index is 1.29. The molecule has 1 aliphatic rings. The fourth-order valence-corrected chi connectivity index (χ4v) is 3.21. The second-order valence-corrected chi connectivity index (χ2v) is 6.84. The molecule has 2 aromatic carbocycles. The molecule has 7 heteroatoms. The number of ether oxygens (including phenoxy) is 1. The summed E-state index contributed by atoms with van der Waals surface area (Å²) in [5.41, 5.74) is 3.42. The summed E-state index contributed by atoms with van der Waals surface area (Å²) in [7, 11) is 0.